The normalized spacial score (nSPS) is 13.5. The van der Waals surface area contributed by atoms with Crippen LogP contribution >= 0.6 is 7.82 Å². The summed E-state index contributed by atoms with van der Waals surface area (Å²) in [6.45, 7) is 4.07. The minimum atomic E-state index is -4.66. The van der Waals surface area contributed by atoms with Gasteiger partial charge in [-0.3, -0.25) is 14.2 Å². The van der Waals surface area contributed by atoms with Gasteiger partial charge >= 0.3 is 11.9 Å². The maximum Gasteiger partial charge on any atom is 0.306 e. The number of phosphoric ester groups is 1. The van der Waals surface area contributed by atoms with E-state index in [9.17, 15) is 19.0 Å². The van der Waals surface area contributed by atoms with Gasteiger partial charge in [0.1, 0.15) is 19.8 Å². The van der Waals surface area contributed by atoms with Crippen molar-refractivity contribution < 1.29 is 42.1 Å². The molecular formula is C74H136NO8P. The molecule has 2 atom stereocenters. The first-order chi connectivity index (χ1) is 41.0. The van der Waals surface area contributed by atoms with Gasteiger partial charge in [-0.1, -0.05) is 344 Å². The highest BCUT2D eigenvalue weighted by Gasteiger charge is 2.22. The molecule has 0 fully saturated rings. The van der Waals surface area contributed by atoms with Gasteiger partial charge in [-0.05, 0) is 51.4 Å². The van der Waals surface area contributed by atoms with Gasteiger partial charge in [0.2, 0.25) is 0 Å². The lowest BCUT2D eigenvalue weighted by Crippen LogP contribution is -2.37. The van der Waals surface area contributed by atoms with Gasteiger partial charge in [-0.25, -0.2) is 0 Å². The van der Waals surface area contributed by atoms with Crippen LogP contribution in [0.5, 0.6) is 0 Å². The Bertz CT molecular complexity index is 1650. The van der Waals surface area contributed by atoms with Gasteiger partial charge in [0.15, 0.2) is 6.10 Å². The van der Waals surface area contributed by atoms with E-state index in [1.54, 1.807) is 0 Å². The molecule has 490 valence electrons. The van der Waals surface area contributed by atoms with Gasteiger partial charge in [-0.15, -0.1) is 0 Å². The fraction of sp³-hybridized carbons (Fsp3) is 0.811. The Kier molecular flexibility index (Phi) is 62.9. The fourth-order valence-electron chi connectivity index (χ4n) is 10.3. The predicted octanol–water partition coefficient (Wildman–Crippen LogP) is 22.5. The third-order valence-electron chi connectivity index (χ3n) is 15.8. The zero-order valence-electron chi connectivity index (χ0n) is 55.8. The number of esters is 2. The van der Waals surface area contributed by atoms with Crippen molar-refractivity contribution >= 4 is 19.8 Å². The van der Waals surface area contributed by atoms with Gasteiger partial charge in [-0.2, -0.15) is 0 Å². The Morgan fingerprint density at radius 3 is 0.988 bits per heavy atom. The number of allylic oxidation sites excluding steroid dienone is 12. The van der Waals surface area contributed by atoms with Crippen LogP contribution in [0.1, 0.15) is 335 Å². The Morgan fingerprint density at radius 2 is 0.679 bits per heavy atom. The number of hydrogen-bond acceptors (Lipinski definition) is 8. The van der Waals surface area contributed by atoms with E-state index in [2.05, 4.69) is 74.6 Å². The highest BCUT2D eigenvalue weighted by Crippen LogP contribution is 2.38. The molecule has 0 aromatic heterocycles. The van der Waals surface area contributed by atoms with Crippen LogP contribution in [-0.4, -0.2) is 70.0 Å². The lowest BCUT2D eigenvalue weighted by molar-refractivity contribution is -0.870. The van der Waals surface area contributed by atoms with Crippen LogP contribution < -0.4 is 4.89 Å². The summed E-state index contributed by atoms with van der Waals surface area (Å²) in [5.74, 6) is -0.923. The molecule has 0 saturated heterocycles. The molecule has 84 heavy (non-hydrogen) atoms. The van der Waals surface area contributed by atoms with Crippen LogP contribution in [0.2, 0.25) is 0 Å². The van der Waals surface area contributed by atoms with E-state index >= 15 is 0 Å². The monoisotopic (exact) mass is 1200 g/mol. The van der Waals surface area contributed by atoms with Crippen LogP contribution in [0.4, 0.5) is 0 Å². The zero-order chi connectivity index (χ0) is 61.2. The highest BCUT2D eigenvalue weighted by atomic mass is 31.2. The molecule has 0 aliphatic heterocycles. The fourth-order valence-corrected chi connectivity index (χ4v) is 11.1. The molecule has 9 nitrogen and oxygen atoms in total. The summed E-state index contributed by atoms with van der Waals surface area (Å²) in [5.41, 5.74) is 0. The van der Waals surface area contributed by atoms with Crippen molar-refractivity contribution in [2.75, 3.05) is 47.5 Å². The molecule has 0 spiro atoms. The molecule has 0 radical (unpaired) electrons. The predicted molar refractivity (Wildman–Crippen MR) is 360 cm³/mol. The third-order valence-corrected chi connectivity index (χ3v) is 16.7. The van der Waals surface area contributed by atoms with E-state index in [1.807, 2.05) is 33.3 Å². The topological polar surface area (TPSA) is 111 Å². The molecule has 0 aliphatic rings. The van der Waals surface area contributed by atoms with Gasteiger partial charge in [0.25, 0.3) is 7.82 Å². The van der Waals surface area contributed by atoms with E-state index in [0.717, 1.165) is 57.8 Å². The molecular weight excluding hydrogens is 1060 g/mol. The molecule has 0 aromatic rings. The zero-order valence-corrected chi connectivity index (χ0v) is 56.7. The standard InChI is InChI=1S/C74H136NO8P/c1-6-8-10-12-14-16-18-20-22-24-26-27-28-29-30-31-32-33-34-35-36-37-38-39-40-41-42-43-44-45-46-47-49-50-52-54-56-58-60-62-64-66-73(76)80-70-72(71-82-84(78,79)81-69-68-75(3,4)5)83-74(77)67-65-63-61-59-57-55-53-51-48-25-23-21-19-17-15-13-11-9-7-2/h9,11,15,17,21,23,48,51,55,57,61,63,72H,6-8,10,12-14,16,18-20,22,24-47,49-50,52-54,56,58-60,62,64-71H2,1-5H3/b11-9-,17-15-,23-21-,51-48-,57-55-,63-61-. The molecule has 0 rings (SSSR count). The number of rotatable bonds is 66. The first kappa shape index (κ1) is 81.5. The van der Waals surface area contributed by atoms with Crippen molar-refractivity contribution in [1.29, 1.82) is 0 Å². The number of quaternary nitrogens is 1. The number of likely N-dealkylation sites (N-methyl/N-ethyl adjacent to an activating group) is 1. The molecule has 0 amide bonds. The number of carbonyl (C=O) groups excluding carboxylic acids is 2. The van der Waals surface area contributed by atoms with E-state index in [1.165, 1.54) is 244 Å². The summed E-state index contributed by atoms with van der Waals surface area (Å²) in [6, 6.07) is 0. The van der Waals surface area contributed by atoms with Crippen LogP contribution in [-0.2, 0) is 32.7 Å². The molecule has 10 heteroatoms. The number of unbranched alkanes of at least 4 members (excludes halogenated alkanes) is 40. The minimum absolute atomic E-state index is 0.0461. The van der Waals surface area contributed by atoms with Crippen LogP contribution in [0.25, 0.3) is 0 Å². The van der Waals surface area contributed by atoms with E-state index in [-0.39, 0.29) is 26.1 Å². The van der Waals surface area contributed by atoms with E-state index in [0.29, 0.717) is 17.4 Å². The molecule has 0 saturated carbocycles. The minimum Gasteiger partial charge on any atom is -0.756 e. The Labute approximate surface area is 520 Å². The SMILES string of the molecule is CC/C=C\C/C=C\C/C=C\C/C=C\C/C=C\C/C=C\CCC(=O)OC(COC(=O)CCCCCCCCCCCCCCCCCCCCCCCCCCCCCCCCCCCCCCCCCCC)COP(=O)([O-])OCC[N+](C)(C)C. The summed E-state index contributed by atoms with van der Waals surface area (Å²) in [4.78, 5) is 37.9. The molecule has 0 heterocycles. The summed E-state index contributed by atoms with van der Waals surface area (Å²) in [6.07, 6.45) is 87.7. The molecule has 0 aliphatic carbocycles. The summed E-state index contributed by atoms with van der Waals surface area (Å²) in [5, 5.41) is 0. The van der Waals surface area contributed by atoms with Crippen LogP contribution in [0.3, 0.4) is 0 Å². The van der Waals surface area contributed by atoms with Crippen molar-refractivity contribution in [3.8, 4) is 0 Å². The first-order valence-corrected chi connectivity index (χ1v) is 37.1. The number of ether oxygens (including phenoxy) is 2. The van der Waals surface area contributed by atoms with Crippen molar-refractivity contribution in [3.05, 3.63) is 72.9 Å². The number of hydrogen-bond donors (Lipinski definition) is 0. The van der Waals surface area contributed by atoms with Gasteiger partial charge in [0.05, 0.1) is 27.7 Å². The summed E-state index contributed by atoms with van der Waals surface area (Å²) < 4.78 is 34.1. The molecule has 0 bridgehead atoms. The quantitative estimate of drug-likeness (QED) is 0.0195. The second-order valence-corrected chi connectivity index (χ2v) is 26.6. The van der Waals surface area contributed by atoms with Crippen LogP contribution in [0, 0.1) is 0 Å². The van der Waals surface area contributed by atoms with Gasteiger partial charge in [0, 0.05) is 12.8 Å². The highest BCUT2D eigenvalue weighted by molar-refractivity contribution is 7.45. The maximum atomic E-state index is 12.8. The van der Waals surface area contributed by atoms with Crippen molar-refractivity contribution in [1.82, 2.24) is 0 Å². The van der Waals surface area contributed by atoms with E-state index in [4.69, 9.17) is 18.5 Å². The number of carbonyl (C=O) groups is 2. The first-order valence-electron chi connectivity index (χ1n) is 35.6. The van der Waals surface area contributed by atoms with Crippen molar-refractivity contribution in [3.63, 3.8) is 0 Å². The Morgan fingerprint density at radius 1 is 0.381 bits per heavy atom. The average molecular weight is 1200 g/mol. The summed E-state index contributed by atoms with van der Waals surface area (Å²) in [7, 11) is 1.12. The molecule has 0 aromatic carbocycles. The van der Waals surface area contributed by atoms with Crippen molar-refractivity contribution in [2.24, 2.45) is 0 Å². The number of nitrogens with zero attached hydrogens (tertiary/aromatic N) is 1. The molecule has 0 N–H and O–H groups in total. The molecule has 2 unspecified atom stereocenters. The average Bonchev–Trinajstić information content (AvgIpc) is 3.61. The second-order valence-electron chi connectivity index (χ2n) is 25.2. The summed E-state index contributed by atoms with van der Waals surface area (Å²) >= 11 is 0. The van der Waals surface area contributed by atoms with Crippen LogP contribution in [0.15, 0.2) is 72.9 Å². The lowest BCUT2D eigenvalue weighted by atomic mass is 10.0. The smallest absolute Gasteiger partial charge is 0.306 e. The van der Waals surface area contributed by atoms with E-state index < -0.39 is 32.5 Å². The Hall–Kier alpha value is -2.55. The second kappa shape index (κ2) is 64.9. The largest absolute Gasteiger partial charge is 0.756 e. The van der Waals surface area contributed by atoms with Gasteiger partial charge < -0.3 is 27.9 Å². The Balaban J connectivity index is 3.91. The maximum absolute atomic E-state index is 12.8. The van der Waals surface area contributed by atoms with Crippen molar-refractivity contribution in [2.45, 2.75) is 341 Å². The third kappa shape index (κ3) is 68.6. The lowest BCUT2D eigenvalue weighted by Gasteiger charge is -2.28. The number of phosphoric acid groups is 1.